The summed E-state index contributed by atoms with van der Waals surface area (Å²) < 4.78 is 5.58. The maximum absolute atomic E-state index is 12.8. The maximum Gasteiger partial charge on any atom is 0.328 e. The molecule has 3 aromatic rings. The van der Waals surface area contributed by atoms with Gasteiger partial charge in [0.05, 0.1) is 18.0 Å². The molecule has 0 spiro atoms. The van der Waals surface area contributed by atoms with Crippen molar-refractivity contribution in [2.75, 3.05) is 23.4 Å². The lowest BCUT2D eigenvalue weighted by atomic mass is 10.1. The van der Waals surface area contributed by atoms with Crippen molar-refractivity contribution in [3.8, 4) is 17.0 Å². The molecule has 1 heterocycles. The van der Waals surface area contributed by atoms with Crippen LogP contribution < -0.4 is 15.0 Å². The van der Waals surface area contributed by atoms with Gasteiger partial charge in [0.15, 0.2) is 5.13 Å². The monoisotopic (exact) mass is 381 g/mol. The molecule has 2 aromatic carbocycles. The van der Waals surface area contributed by atoms with Crippen molar-refractivity contribution < 1.29 is 9.53 Å². The van der Waals surface area contributed by atoms with Gasteiger partial charge in [-0.2, -0.15) is 0 Å². The summed E-state index contributed by atoms with van der Waals surface area (Å²) >= 11 is 1.46. The largest absolute Gasteiger partial charge is 0.492 e. The minimum Gasteiger partial charge on any atom is -0.492 e. The summed E-state index contributed by atoms with van der Waals surface area (Å²) in [6.07, 6.45) is 0. The van der Waals surface area contributed by atoms with Crippen molar-refractivity contribution in [3.05, 3.63) is 59.5 Å². The first kappa shape index (κ1) is 18.9. The lowest BCUT2D eigenvalue weighted by Gasteiger charge is -2.19. The van der Waals surface area contributed by atoms with Crippen molar-refractivity contribution in [2.45, 2.75) is 20.8 Å². The Labute approximate surface area is 163 Å². The van der Waals surface area contributed by atoms with E-state index in [0.717, 1.165) is 11.3 Å². The minimum absolute atomic E-state index is 0.227. The van der Waals surface area contributed by atoms with Gasteiger partial charge >= 0.3 is 6.03 Å². The van der Waals surface area contributed by atoms with E-state index in [2.05, 4.69) is 29.4 Å². The normalized spacial score (nSPS) is 10.5. The van der Waals surface area contributed by atoms with Gasteiger partial charge in [-0.1, -0.05) is 42.0 Å². The highest BCUT2D eigenvalue weighted by Gasteiger charge is 2.19. The number of hydrogen-bond donors (Lipinski definition) is 1. The van der Waals surface area contributed by atoms with Gasteiger partial charge in [0.25, 0.3) is 0 Å². The Bertz CT molecular complexity index is 906. The summed E-state index contributed by atoms with van der Waals surface area (Å²) in [5.74, 6) is 0.656. The number of nitrogens with one attached hydrogen (secondary N) is 1. The molecular formula is C21H23N3O2S. The molecule has 27 heavy (non-hydrogen) atoms. The Kier molecular flexibility index (Phi) is 6.08. The van der Waals surface area contributed by atoms with Crippen LogP contribution in [0.4, 0.5) is 15.6 Å². The number of carbonyl (C=O) groups is 1. The molecular weight excluding hydrogens is 358 g/mol. The van der Waals surface area contributed by atoms with Crippen LogP contribution in [0.3, 0.4) is 0 Å². The highest BCUT2D eigenvalue weighted by Crippen LogP contribution is 2.29. The van der Waals surface area contributed by atoms with E-state index in [-0.39, 0.29) is 6.03 Å². The molecule has 0 aliphatic carbocycles. The number of ether oxygens (including phenoxy) is 1. The Morgan fingerprint density at radius 3 is 2.59 bits per heavy atom. The van der Waals surface area contributed by atoms with Crippen molar-refractivity contribution in [1.82, 2.24) is 4.98 Å². The summed E-state index contributed by atoms with van der Waals surface area (Å²) in [5, 5.41) is 5.57. The number of rotatable bonds is 6. The smallest absolute Gasteiger partial charge is 0.328 e. The van der Waals surface area contributed by atoms with E-state index in [1.165, 1.54) is 16.9 Å². The predicted molar refractivity (Wildman–Crippen MR) is 112 cm³/mol. The number of aryl methyl sites for hydroxylation is 1. The molecule has 0 saturated carbocycles. The molecule has 0 aliphatic rings. The van der Waals surface area contributed by atoms with Crippen molar-refractivity contribution in [3.63, 3.8) is 0 Å². The van der Waals surface area contributed by atoms with E-state index in [4.69, 9.17) is 4.74 Å². The quantitative estimate of drug-likeness (QED) is 0.607. The van der Waals surface area contributed by atoms with E-state index in [1.807, 2.05) is 55.6 Å². The van der Waals surface area contributed by atoms with Gasteiger partial charge in [0, 0.05) is 17.5 Å². The SMILES string of the molecule is CCOc1ccccc1NC(=O)N(CC)c1nc(-c2ccc(C)cc2)cs1. The van der Waals surface area contributed by atoms with Crippen LogP contribution in [0.5, 0.6) is 5.75 Å². The fourth-order valence-electron chi connectivity index (χ4n) is 2.64. The summed E-state index contributed by atoms with van der Waals surface area (Å²) in [7, 11) is 0. The molecule has 0 fully saturated rings. The first-order valence-corrected chi connectivity index (χ1v) is 9.83. The number of amides is 2. The molecule has 5 nitrogen and oxygen atoms in total. The fraction of sp³-hybridized carbons (Fsp3) is 0.238. The summed E-state index contributed by atoms with van der Waals surface area (Å²) in [6.45, 7) is 6.96. The Hall–Kier alpha value is -2.86. The third-order valence-electron chi connectivity index (χ3n) is 4.06. The van der Waals surface area contributed by atoms with E-state index in [1.54, 1.807) is 4.90 Å². The van der Waals surface area contributed by atoms with Crippen molar-refractivity contribution in [2.24, 2.45) is 0 Å². The number of urea groups is 1. The molecule has 2 amide bonds. The average Bonchev–Trinajstić information content (AvgIpc) is 3.14. The van der Waals surface area contributed by atoms with Crippen LogP contribution in [0, 0.1) is 6.92 Å². The standard InChI is InChI=1S/C21H23N3O2S/c1-4-24(20(25)22-17-8-6-7-9-19(17)26-5-2)21-23-18(14-27-21)16-12-10-15(3)11-13-16/h6-14H,4-5H2,1-3H3,(H,22,25). The molecule has 6 heteroatoms. The van der Waals surface area contributed by atoms with Crippen LogP contribution in [-0.4, -0.2) is 24.2 Å². The summed E-state index contributed by atoms with van der Waals surface area (Å²) in [4.78, 5) is 19.1. The first-order chi connectivity index (χ1) is 13.1. The molecule has 0 aliphatic heterocycles. The summed E-state index contributed by atoms with van der Waals surface area (Å²) in [6, 6.07) is 15.4. The van der Waals surface area contributed by atoms with Gasteiger partial charge in [0.1, 0.15) is 5.75 Å². The Balaban J connectivity index is 1.79. The van der Waals surface area contributed by atoms with E-state index in [0.29, 0.717) is 29.7 Å². The number of aromatic nitrogens is 1. The number of para-hydroxylation sites is 2. The van der Waals surface area contributed by atoms with Crippen LogP contribution in [0.25, 0.3) is 11.3 Å². The zero-order valence-corrected chi connectivity index (χ0v) is 16.5. The van der Waals surface area contributed by atoms with Gasteiger partial charge in [0.2, 0.25) is 0 Å². The minimum atomic E-state index is -0.227. The predicted octanol–water partition coefficient (Wildman–Crippen LogP) is 5.58. The molecule has 0 saturated heterocycles. The number of benzene rings is 2. The molecule has 0 unspecified atom stereocenters. The fourth-order valence-corrected chi connectivity index (χ4v) is 3.54. The number of hydrogen-bond acceptors (Lipinski definition) is 4. The molecule has 3 rings (SSSR count). The van der Waals surface area contributed by atoms with E-state index in [9.17, 15) is 4.79 Å². The number of nitrogens with zero attached hydrogens (tertiary/aromatic N) is 2. The highest BCUT2D eigenvalue weighted by molar-refractivity contribution is 7.14. The van der Waals surface area contributed by atoms with Gasteiger partial charge < -0.3 is 10.1 Å². The number of anilines is 2. The first-order valence-electron chi connectivity index (χ1n) is 8.95. The summed E-state index contributed by atoms with van der Waals surface area (Å²) in [5.41, 5.74) is 3.77. The van der Waals surface area contributed by atoms with Crippen LogP contribution in [0.2, 0.25) is 0 Å². The molecule has 140 valence electrons. The second kappa shape index (κ2) is 8.68. The zero-order chi connectivity index (χ0) is 19.2. The van der Waals surface area contributed by atoms with Gasteiger partial charge in [-0.25, -0.2) is 9.78 Å². The van der Waals surface area contributed by atoms with E-state index >= 15 is 0 Å². The molecule has 1 aromatic heterocycles. The molecule has 0 bridgehead atoms. The highest BCUT2D eigenvalue weighted by atomic mass is 32.1. The van der Waals surface area contributed by atoms with Crippen molar-refractivity contribution >= 4 is 28.2 Å². The second-order valence-corrected chi connectivity index (χ2v) is 6.82. The van der Waals surface area contributed by atoms with Gasteiger partial charge in [-0.3, -0.25) is 4.90 Å². The van der Waals surface area contributed by atoms with Gasteiger partial charge in [-0.05, 0) is 32.9 Å². The van der Waals surface area contributed by atoms with Crippen molar-refractivity contribution in [1.29, 1.82) is 0 Å². The van der Waals surface area contributed by atoms with Crippen LogP contribution in [-0.2, 0) is 0 Å². The number of thiazole rings is 1. The molecule has 1 N–H and O–H groups in total. The number of carbonyl (C=O) groups excluding carboxylic acids is 1. The molecule has 0 atom stereocenters. The third-order valence-corrected chi connectivity index (χ3v) is 4.92. The zero-order valence-electron chi connectivity index (χ0n) is 15.7. The van der Waals surface area contributed by atoms with E-state index < -0.39 is 0 Å². The molecule has 0 radical (unpaired) electrons. The van der Waals surface area contributed by atoms with Crippen LogP contribution in [0.15, 0.2) is 53.9 Å². The topological polar surface area (TPSA) is 54.5 Å². The Morgan fingerprint density at radius 2 is 1.89 bits per heavy atom. The Morgan fingerprint density at radius 1 is 1.15 bits per heavy atom. The second-order valence-electron chi connectivity index (χ2n) is 5.98. The lowest BCUT2D eigenvalue weighted by Crippen LogP contribution is -2.34. The lowest BCUT2D eigenvalue weighted by molar-refractivity contribution is 0.257. The average molecular weight is 382 g/mol. The van der Waals surface area contributed by atoms with Crippen LogP contribution >= 0.6 is 11.3 Å². The maximum atomic E-state index is 12.8. The van der Waals surface area contributed by atoms with Crippen LogP contribution in [0.1, 0.15) is 19.4 Å². The third kappa shape index (κ3) is 4.46. The van der Waals surface area contributed by atoms with Gasteiger partial charge in [-0.15, -0.1) is 11.3 Å².